The minimum Gasteiger partial charge on any atom is -0.325 e. The van der Waals surface area contributed by atoms with E-state index in [0.29, 0.717) is 22.2 Å². The van der Waals surface area contributed by atoms with Gasteiger partial charge in [0.1, 0.15) is 0 Å². The molecule has 0 heterocycles. The fourth-order valence-electron chi connectivity index (χ4n) is 5.33. The zero-order chi connectivity index (χ0) is 24.2. The van der Waals surface area contributed by atoms with Crippen molar-refractivity contribution in [1.29, 1.82) is 0 Å². The summed E-state index contributed by atoms with van der Waals surface area (Å²) < 4.78 is 0. The van der Waals surface area contributed by atoms with E-state index in [1.807, 2.05) is 19.1 Å². The third-order valence-electron chi connectivity index (χ3n) is 7.99. The van der Waals surface area contributed by atoms with Crippen molar-refractivity contribution in [1.82, 2.24) is 0 Å². The number of aryl methyl sites for hydroxylation is 1. The van der Waals surface area contributed by atoms with Gasteiger partial charge in [-0.15, -0.1) is 0 Å². The maximum atomic E-state index is 13.6. The van der Waals surface area contributed by atoms with Gasteiger partial charge in [0.25, 0.3) is 0 Å². The summed E-state index contributed by atoms with van der Waals surface area (Å²) >= 11 is 18.1. The molecular weight excluding hydrogens is 483 g/mol. The van der Waals surface area contributed by atoms with Gasteiger partial charge in [0, 0.05) is 27.6 Å². The highest BCUT2D eigenvalue weighted by atomic mass is 35.5. The second-order valence-electron chi connectivity index (χ2n) is 9.67. The average Bonchev–Trinajstić information content (AvgIpc) is 3.04. The van der Waals surface area contributed by atoms with Crippen molar-refractivity contribution < 1.29 is 14.4 Å². The predicted molar refractivity (Wildman–Crippen MR) is 132 cm³/mol. The molecule has 4 rings (SSSR count). The number of hydrogen-bond acceptors (Lipinski definition) is 4. The third kappa shape index (κ3) is 3.74. The Morgan fingerprint density at radius 2 is 1.67 bits per heavy atom. The van der Waals surface area contributed by atoms with Gasteiger partial charge < -0.3 is 10.2 Å². The van der Waals surface area contributed by atoms with Crippen LogP contribution in [0.5, 0.6) is 0 Å². The first kappa shape index (κ1) is 24.1. The van der Waals surface area contributed by atoms with E-state index in [1.165, 1.54) is 12.1 Å². The monoisotopic (exact) mass is 506 g/mol. The van der Waals surface area contributed by atoms with Crippen molar-refractivity contribution in [2.45, 2.75) is 47.0 Å². The van der Waals surface area contributed by atoms with Crippen LogP contribution in [0.15, 0.2) is 41.6 Å². The number of benzene rings is 2. The Hall–Kier alpha value is -2.08. The molecule has 2 aromatic carbocycles. The average molecular weight is 508 g/mol. The largest absolute Gasteiger partial charge is 0.367 e. The zero-order valence-electron chi connectivity index (χ0n) is 18.9. The lowest BCUT2D eigenvalue weighted by molar-refractivity contribution is -0.130. The molecule has 1 N–H and O–H groups in total. The number of amides is 1. The van der Waals surface area contributed by atoms with Gasteiger partial charge in [0.15, 0.2) is 0 Å². The summed E-state index contributed by atoms with van der Waals surface area (Å²) in [5, 5.41) is 8.60. The number of oxime groups is 1. The summed E-state index contributed by atoms with van der Waals surface area (Å²) in [6, 6.07) is 9.94. The van der Waals surface area contributed by atoms with Crippen LogP contribution in [-0.2, 0) is 9.63 Å². The van der Waals surface area contributed by atoms with Gasteiger partial charge in [-0.2, -0.15) is 0 Å². The smallest absolute Gasteiger partial charge is 0.325 e. The number of anilines is 1. The molecule has 1 amide bonds. The summed E-state index contributed by atoms with van der Waals surface area (Å²) in [5.74, 6) is -0.720. The summed E-state index contributed by atoms with van der Waals surface area (Å²) in [6.07, 6.45) is 1.91. The first-order valence-corrected chi connectivity index (χ1v) is 11.9. The summed E-state index contributed by atoms with van der Waals surface area (Å²) in [5.41, 5.74) is 1.07. The molecule has 5 nitrogen and oxygen atoms in total. The number of carbonyl (C=O) groups is 2. The normalized spacial score (nSPS) is 26.5. The molecule has 33 heavy (non-hydrogen) atoms. The molecule has 2 fully saturated rings. The van der Waals surface area contributed by atoms with E-state index < -0.39 is 16.8 Å². The number of fused-ring (bicyclic) bond motifs is 2. The van der Waals surface area contributed by atoms with Gasteiger partial charge in [-0.3, -0.25) is 4.79 Å². The lowest BCUT2D eigenvalue weighted by Crippen LogP contribution is -2.43. The van der Waals surface area contributed by atoms with Gasteiger partial charge >= 0.3 is 5.97 Å². The quantitative estimate of drug-likeness (QED) is 0.348. The summed E-state index contributed by atoms with van der Waals surface area (Å²) in [7, 11) is 0. The van der Waals surface area contributed by atoms with Crippen LogP contribution >= 0.6 is 34.8 Å². The van der Waals surface area contributed by atoms with E-state index >= 15 is 0 Å². The van der Waals surface area contributed by atoms with Gasteiger partial charge in [-0.1, -0.05) is 60.7 Å². The van der Waals surface area contributed by atoms with Crippen molar-refractivity contribution in [2.24, 2.45) is 21.4 Å². The fourth-order valence-corrected chi connectivity index (χ4v) is 6.04. The Kier molecular flexibility index (Phi) is 6.05. The molecule has 2 atom stereocenters. The van der Waals surface area contributed by atoms with E-state index in [-0.39, 0.29) is 21.9 Å². The molecule has 2 bridgehead atoms. The molecule has 8 heteroatoms. The zero-order valence-corrected chi connectivity index (χ0v) is 21.2. The predicted octanol–water partition coefficient (Wildman–Crippen LogP) is 7.32. The van der Waals surface area contributed by atoms with E-state index in [9.17, 15) is 9.59 Å². The molecular formula is C25H25Cl3N2O3. The number of hydrogen-bond donors (Lipinski definition) is 1. The van der Waals surface area contributed by atoms with Gasteiger partial charge in [-0.05, 0) is 67.1 Å². The topological polar surface area (TPSA) is 67.8 Å². The molecule has 2 saturated carbocycles. The van der Waals surface area contributed by atoms with E-state index in [1.54, 1.807) is 12.1 Å². The number of carbonyl (C=O) groups excluding carboxylic acids is 2. The molecule has 0 aromatic heterocycles. The van der Waals surface area contributed by atoms with Crippen molar-refractivity contribution in [3.05, 3.63) is 62.6 Å². The van der Waals surface area contributed by atoms with Crippen molar-refractivity contribution in [3.8, 4) is 0 Å². The number of rotatable bonds is 4. The third-order valence-corrected chi connectivity index (χ3v) is 8.78. The highest BCUT2D eigenvalue weighted by Crippen LogP contribution is 2.71. The Morgan fingerprint density at radius 1 is 1.00 bits per heavy atom. The molecule has 0 aliphatic heterocycles. The number of nitrogens with one attached hydrogen (secondary N) is 1. The molecule has 2 aliphatic carbocycles. The van der Waals surface area contributed by atoms with Crippen LogP contribution < -0.4 is 5.32 Å². The Balaban J connectivity index is 1.60. The van der Waals surface area contributed by atoms with Gasteiger partial charge in [0.05, 0.1) is 21.7 Å². The molecule has 2 unspecified atom stereocenters. The first-order chi connectivity index (χ1) is 15.4. The molecule has 2 aliphatic rings. The Bertz CT molecular complexity index is 1190. The lowest BCUT2D eigenvalue weighted by Gasteiger charge is -2.39. The van der Waals surface area contributed by atoms with Crippen LogP contribution in [0.25, 0.3) is 0 Å². The van der Waals surface area contributed by atoms with E-state index in [2.05, 4.69) is 31.2 Å². The minimum atomic E-state index is -0.670. The highest BCUT2D eigenvalue weighted by molar-refractivity contribution is 6.36. The number of nitrogens with zero attached hydrogens (tertiary/aromatic N) is 1. The number of halogens is 3. The molecule has 2 aromatic rings. The lowest BCUT2D eigenvalue weighted by atomic mass is 9.64. The highest BCUT2D eigenvalue weighted by Gasteiger charge is 2.71. The maximum Gasteiger partial charge on any atom is 0.367 e. The standard InChI is InChI=1S/C25H25Cl3N2O3/c1-14-11-15(26)6-8-19(14)29-22(32)25-10-9-24(4,23(25,2)3)20(13-25)30-33-21(31)17-7-5-16(27)12-18(17)28/h5-8,11-12H,9-10,13H2,1-4H3,(H,29,32)/b30-20-. The Morgan fingerprint density at radius 3 is 2.33 bits per heavy atom. The molecule has 174 valence electrons. The van der Waals surface area contributed by atoms with Gasteiger partial charge in [-0.25, -0.2) is 4.79 Å². The van der Waals surface area contributed by atoms with E-state index in [4.69, 9.17) is 39.6 Å². The van der Waals surface area contributed by atoms with Gasteiger partial charge in [0.2, 0.25) is 5.91 Å². The summed E-state index contributed by atoms with van der Waals surface area (Å²) in [4.78, 5) is 31.5. The van der Waals surface area contributed by atoms with Crippen LogP contribution in [0.4, 0.5) is 5.69 Å². The van der Waals surface area contributed by atoms with E-state index in [0.717, 1.165) is 24.1 Å². The molecule has 0 saturated heterocycles. The minimum absolute atomic E-state index is 0.0566. The first-order valence-electron chi connectivity index (χ1n) is 10.7. The van der Waals surface area contributed by atoms with Crippen molar-refractivity contribution >= 4 is 58.1 Å². The van der Waals surface area contributed by atoms with Crippen molar-refractivity contribution in [3.63, 3.8) is 0 Å². The van der Waals surface area contributed by atoms with Crippen LogP contribution in [0.1, 0.15) is 56.0 Å². The molecule has 0 radical (unpaired) electrons. The SMILES string of the molecule is Cc1cc(Cl)ccc1NC(=O)C12CCC(C)(/C(=N\OC(=O)c3ccc(Cl)cc3Cl)C1)C2(C)C. The second-order valence-corrected chi connectivity index (χ2v) is 11.0. The fraction of sp³-hybridized carbons (Fsp3) is 0.400. The van der Waals surface area contributed by atoms with Crippen LogP contribution in [0.2, 0.25) is 15.1 Å². The van der Waals surface area contributed by atoms with Crippen molar-refractivity contribution in [2.75, 3.05) is 5.32 Å². The van der Waals surface area contributed by atoms with Crippen LogP contribution in [0, 0.1) is 23.2 Å². The Labute approximate surface area is 208 Å². The van der Waals surface area contributed by atoms with Crippen LogP contribution in [0.3, 0.4) is 0 Å². The summed E-state index contributed by atoms with van der Waals surface area (Å²) in [6.45, 7) is 8.18. The maximum absolute atomic E-state index is 13.6. The second kappa shape index (κ2) is 8.30. The molecule has 0 spiro atoms. The van der Waals surface area contributed by atoms with Crippen LogP contribution in [-0.4, -0.2) is 17.6 Å².